The molecular weight excluding hydrogens is 245 g/mol. The fourth-order valence-electron chi connectivity index (χ4n) is 2.25. The number of hydrogen-bond acceptors (Lipinski definition) is 3. The molecule has 1 unspecified atom stereocenters. The molecule has 0 bridgehead atoms. The molecule has 1 aliphatic rings. The van der Waals surface area contributed by atoms with Gasteiger partial charge in [0.1, 0.15) is 11.9 Å². The fraction of sp³-hybridized carbons (Fsp3) is 0.429. The number of benzene rings is 1. The Morgan fingerprint density at radius 3 is 3.05 bits per heavy atom. The van der Waals surface area contributed by atoms with Gasteiger partial charge in [0.25, 0.3) is 0 Å². The second-order valence-corrected chi connectivity index (χ2v) is 4.80. The maximum atomic E-state index is 13.5. The summed E-state index contributed by atoms with van der Waals surface area (Å²) in [6, 6.07) is 6.58. The van der Waals surface area contributed by atoms with E-state index in [1.807, 2.05) is 13.0 Å². The summed E-state index contributed by atoms with van der Waals surface area (Å²) in [5.74, 6) is -0.433. The number of rotatable bonds is 2. The van der Waals surface area contributed by atoms with Gasteiger partial charge in [-0.3, -0.25) is 9.69 Å². The van der Waals surface area contributed by atoms with Gasteiger partial charge >= 0.3 is 0 Å². The van der Waals surface area contributed by atoms with Crippen LogP contribution in [0.5, 0.6) is 0 Å². The molecule has 0 aromatic heterocycles. The van der Waals surface area contributed by atoms with Crippen molar-refractivity contribution in [3.63, 3.8) is 0 Å². The highest BCUT2D eigenvalue weighted by atomic mass is 19.1. The Hall–Kier alpha value is -1.93. The molecule has 1 fully saturated rings. The zero-order valence-corrected chi connectivity index (χ0v) is 10.8. The van der Waals surface area contributed by atoms with Gasteiger partial charge in [-0.05, 0) is 24.6 Å². The fourth-order valence-corrected chi connectivity index (χ4v) is 2.25. The highest BCUT2D eigenvalue weighted by Gasteiger charge is 2.21. The van der Waals surface area contributed by atoms with E-state index in [-0.39, 0.29) is 17.5 Å². The minimum absolute atomic E-state index is 0.0565. The Morgan fingerprint density at radius 2 is 2.37 bits per heavy atom. The molecule has 0 aliphatic carbocycles. The predicted octanol–water partition coefficient (Wildman–Crippen LogP) is 1.41. The molecule has 5 heteroatoms. The molecule has 1 N–H and O–H groups in total. The van der Waals surface area contributed by atoms with E-state index in [2.05, 4.69) is 10.2 Å². The van der Waals surface area contributed by atoms with Crippen LogP contribution in [0.3, 0.4) is 0 Å². The SMILES string of the molecule is CC1CC(=O)NCCN1Cc1ccc(C#N)c(F)c1. The number of nitrogens with zero attached hydrogens (tertiary/aromatic N) is 2. The summed E-state index contributed by atoms with van der Waals surface area (Å²) in [4.78, 5) is 13.5. The molecule has 1 amide bonds. The van der Waals surface area contributed by atoms with Crippen LogP contribution in [0.2, 0.25) is 0 Å². The minimum atomic E-state index is -0.489. The first-order valence-corrected chi connectivity index (χ1v) is 6.29. The Balaban J connectivity index is 2.10. The second-order valence-electron chi connectivity index (χ2n) is 4.80. The lowest BCUT2D eigenvalue weighted by atomic mass is 10.1. The van der Waals surface area contributed by atoms with Gasteiger partial charge in [-0.1, -0.05) is 6.07 Å². The van der Waals surface area contributed by atoms with Crippen molar-refractivity contribution in [3.05, 3.63) is 35.1 Å². The molecule has 1 aromatic carbocycles. The number of carbonyl (C=O) groups is 1. The highest BCUT2D eigenvalue weighted by Crippen LogP contribution is 2.15. The number of nitriles is 1. The monoisotopic (exact) mass is 261 g/mol. The molecule has 0 spiro atoms. The van der Waals surface area contributed by atoms with E-state index in [0.29, 0.717) is 19.5 Å². The predicted molar refractivity (Wildman–Crippen MR) is 68.6 cm³/mol. The van der Waals surface area contributed by atoms with Crippen molar-refractivity contribution >= 4 is 5.91 Å². The van der Waals surface area contributed by atoms with Crippen molar-refractivity contribution in [1.29, 1.82) is 5.26 Å². The van der Waals surface area contributed by atoms with Crippen molar-refractivity contribution < 1.29 is 9.18 Å². The number of hydrogen-bond donors (Lipinski definition) is 1. The molecule has 100 valence electrons. The quantitative estimate of drug-likeness (QED) is 0.875. The summed E-state index contributed by atoms with van der Waals surface area (Å²) in [6.07, 6.45) is 0.457. The molecule has 1 heterocycles. The van der Waals surface area contributed by atoms with Crippen molar-refractivity contribution in [1.82, 2.24) is 10.2 Å². The highest BCUT2D eigenvalue weighted by molar-refractivity contribution is 5.76. The Bertz CT molecular complexity index is 524. The van der Waals surface area contributed by atoms with Gasteiger partial charge < -0.3 is 5.32 Å². The van der Waals surface area contributed by atoms with Crippen LogP contribution in [0.15, 0.2) is 18.2 Å². The van der Waals surface area contributed by atoms with Crippen molar-refractivity contribution in [2.24, 2.45) is 0 Å². The molecule has 1 aromatic rings. The molecule has 19 heavy (non-hydrogen) atoms. The summed E-state index contributed by atoms with van der Waals surface area (Å²) in [6.45, 7) is 3.93. The molecule has 1 saturated heterocycles. The summed E-state index contributed by atoms with van der Waals surface area (Å²) < 4.78 is 13.5. The van der Waals surface area contributed by atoms with Gasteiger partial charge in [0.15, 0.2) is 0 Å². The number of amides is 1. The first-order valence-electron chi connectivity index (χ1n) is 6.29. The molecule has 0 radical (unpaired) electrons. The van der Waals surface area contributed by atoms with E-state index >= 15 is 0 Å². The standard InChI is InChI=1S/C14H16FN3O/c1-10-6-14(19)17-4-5-18(10)9-11-2-3-12(8-16)13(15)7-11/h2-3,7,10H,4-6,9H2,1H3,(H,17,19). The molecule has 2 rings (SSSR count). The van der Waals surface area contributed by atoms with E-state index in [1.165, 1.54) is 12.1 Å². The van der Waals surface area contributed by atoms with Gasteiger partial charge in [-0.2, -0.15) is 5.26 Å². The first kappa shape index (κ1) is 13.5. The lowest BCUT2D eigenvalue weighted by Gasteiger charge is -2.25. The molecular formula is C14H16FN3O. The third-order valence-electron chi connectivity index (χ3n) is 3.36. The lowest BCUT2D eigenvalue weighted by Crippen LogP contribution is -2.33. The van der Waals surface area contributed by atoms with E-state index < -0.39 is 5.82 Å². The van der Waals surface area contributed by atoms with Gasteiger partial charge in [-0.25, -0.2) is 4.39 Å². The van der Waals surface area contributed by atoms with E-state index in [4.69, 9.17) is 5.26 Å². The van der Waals surface area contributed by atoms with Crippen molar-refractivity contribution in [3.8, 4) is 6.07 Å². The van der Waals surface area contributed by atoms with Crippen LogP contribution in [0.1, 0.15) is 24.5 Å². The van der Waals surface area contributed by atoms with Crippen LogP contribution in [0.4, 0.5) is 4.39 Å². The van der Waals surface area contributed by atoms with E-state index in [9.17, 15) is 9.18 Å². The topological polar surface area (TPSA) is 56.1 Å². The first-order chi connectivity index (χ1) is 9.10. The maximum absolute atomic E-state index is 13.5. The smallest absolute Gasteiger partial charge is 0.221 e. The number of halogens is 1. The van der Waals surface area contributed by atoms with Crippen LogP contribution >= 0.6 is 0 Å². The number of carbonyl (C=O) groups excluding carboxylic acids is 1. The van der Waals surface area contributed by atoms with Crippen LogP contribution in [-0.4, -0.2) is 29.9 Å². The van der Waals surface area contributed by atoms with Crippen LogP contribution in [0, 0.1) is 17.1 Å². The van der Waals surface area contributed by atoms with E-state index in [0.717, 1.165) is 12.1 Å². The Kier molecular flexibility index (Phi) is 4.13. The molecule has 4 nitrogen and oxygen atoms in total. The Labute approximate surface area is 111 Å². The third-order valence-corrected chi connectivity index (χ3v) is 3.36. The molecule has 1 atom stereocenters. The second kappa shape index (κ2) is 5.81. The molecule has 1 aliphatic heterocycles. The van der Waals surface area contributed by atoms with Gasteiger partial charge in [-0.15, -0.1) is 0 Å². The zero-order chi connectivity index (χ0) is 13.8. The van der Waals surface area contributed by atoms with E-state index in [1.54, 1.807) is 6.07 Å². The summed E-state index contributed by atoms with van der Waals surface area (Å²) in [5.41, 5.74) is 0.877. The molecule has 0 saturated carbocycles. The minimum Gasteiger partial charge on any atom is -0.355 e. The summed E-state index contributed by atoms with van der Waals surface area (Å²) >= 11 is 0. The Morgan fingerprint density at radius 1 is 1.58 bits per heavy atom. The van der Waals surface area contributed by atoms with Gasteiger partial charge in [0.05, 0.1) is 5.56 Å². The largest absolute Gasteiger partial charge is 0.355 e. The third kappa shape index (κ3) is 3.30. The average molecular weight is 261 g/mol. The maximum Gasteiger partial charge on any atom is 0.221 e. The van der Waals surface area contributed by atoms with Crippen LogP contribution in [0.25, 0.3) is 0 Å². The lowest BCUT2D eigenvalue weighted by molar-refractivity contribution is -0.121. The summed E-state index contributed by atoms with van der Waals surface area (Å²) in [7, 11) is 0. The van der Waals surface area contributed by atoms with Crippen molar-refractivity contribution in [2.75, 3.05) is 13.1 Å². The van der Waals surface area contributed by atoms with Crippen molar-refractivity contribution in [2.45, 2.75) is 25.9 Å². The van der Waals surface area contributed by atoms with Crippen LogP contribution < -0.4 is 5.32 Å². The van der Waals surface area contributed by atoms with Gasteiger partial charge in [0.2, 0.25) is 5.91 Å². The van der Waals surface area contributed by atoms with Crippen LogP contribution in [-0.2, 0) is 11.3 Å². The number of nitrogens with one attached hydrogen (secondary N) is 1. The van der Waals surface area contributed by atoms with Gasteiger partial charge in [0, 0.05) is 32.1 Å². The zero-order valence-electron chi connectivity index (χ0n) is 10.8. The summed E-state index contributed by atoms with van der Waals surface area (Å²) in [5, 5.41) is 11.5. The average Bonchev–Trinajstić information content (AvgIpc) is 2.52. The normalized spacial score (nSPS) is 20.5.